The molecule has 0 aliphatic carbocycles. The van der Waals surface area contributed by atoms with E-state index < -0.39 is 6.04 Å². The van der Waals surface area contributed by atoms with Gasteiger partial charge in [-0.2, -0.15) is 0 Å². The molecule has 3 amide bonds. The average molecular weight is 361 g/mol. The highest BCUT2D eigenvalue weighted by atomic mass is 19.1. The lowest BCUT2D eigenvalue weighted by molar-refractivity contribution is -0.143. The van der Waals surface area contributed by atoms with Crippen LogP contribution in [0, 0.1) is 5.82 Å². The summed E-state index contributed by atoms with van der Waals surface area (Å²) in [4.78, 5) is 39.7. The van der Waals surface area contributed by atoms with Crippen molar-refractivity contribution < 1.29 is 18.8 Å². The molecule has 0 aromatic heterocycles. The van der Waals surface area contributed by atoms with Crippen LogP contribution in [-0.4, -0.2) is 53.2 Å². The van der Waals surface area contributed by atoms with Gasteiger partial charge in [0.25, 0.3) is 0 Å². The lowest BCUT2D eigenvalue weighted by atomic mass is 10.2. The Morgan fingerprint density at radius 3 is 2.65 bits per heavy atom. The van der Waals surface area contributed by atoms with Crippen LogP contribution in [0.4, 0.5) is 4.39 Å². The van der Waals surface area contributed by atoms with Gasteiger partial charge in [0.1, 0.15) is 11.9 Å². The van der Waals surface area contributed by atoms with E-state index in [0.717, 1.165) is 12.0 Å². The number of halogens is 1. The maximum Gasteiger partial charge on any atom is 0.246 e. The number of hydrogen-bond donors (Lipinski definition) is 1. The molecule has 0 saturated carbocycles. The third kappa shape index (κ3) is 4.91. The number of nitrogens with zero attached hydrogens (tertiary/aromatic N) is 2. The normalized spacial score (nSPS) is 16.2. The summed E-state index contributed by atoms with van der Waals surface area (Å²) in [5, 5.41) is 2.72. The van der Waals surface area contributed by atoms with E-state index in [-0.39, 0.29) is 36.6 Å². The molecule has 1 heterocycles. The van der Waals surface area contributed by atoms with Crippen molar-refractivity contribution in [3.8, 4) is 0 Å². The van der Waals surface area contributed by atoms with Gasteiger partial charge in [0.15, 0.2) is 0 Å². The molecule has 140 valence electrons. The number of nitrogens with one attached hydrogen (secondary N) is 1. The molecule has 1 aromatic carbocycles. The molecule has 0 radical (unpaired) electrons. The van der Waals surface area contributed by atoms with Crippen molar-refractivity contribution in [1.82, 2.24) is 15.1 Å². The van der Waals surface area contributed by atoms with Crippen LogP contribution >= 0.6 is 0 Å². The van der Waals surface area contributed by atoms with Gasteiger partial charge in [0.2, 0.25) is 17.7 Å². The molecule has 1 aliphatic rings. The summed E-state index contributed by atoms with van der Waals surface area (Å²) in [7, 11) is 0. The van der Waals surface area contributed by atoms with E-state index in [2.05, 4.69) is 11.9 Å². The zero-order chi connectivity index (χ0) is 19.1. The molecule has 1 atom stereocenters. The Morgan fingerprint density at radius 1 is 1.35 bits per heavy atom. The topological polar surface area (TPSA) is 69.7 Å². The van der Waals surface area contributed by atoms with Crippen LogP contribution in [0.3, 0.4) is 0 Å². The van der Waals surface area contributed by atoms with Gasteiger partial charge in [-0.05, 0) is 43.5 Å². The number of carbonyl (C=O) groups excluding carboxylic acids is 3. The molecule has 1 fully saturated rings. The number of rotatable bonds is 7. The Morgan fingerprint density at radius 2 is 2.04 bits per heavy atom. The van der Waals surface area contributed by atoms with Crippen LogP contribution in [0.2, 0.25) is 0 Å². The van der Waals surface area contributed by atoms with Gasteiger partial charge in [-0.1, -0.05) is 18.7 Å². The Labute approximate surface area is 152 Å². The van der Waals surface area contributed by atoms with Gasteiger partial charge in [-0.25, -0.2) is 4.39 Å². The maximum atomic E-state index is 12.9. The lowest BCUT2D eigenvalue weighted by Gasteiger charge is -2.28. The lowest BCUT2D eigenvalue weighted by Crippen LogP contribution is -2.50. The van der Waals surface area contributed by atoms with E-state index in [9.17, 15) is 18.8 Å². The molecule has 1 aliphatic heterocycles. The number of likely N-dealkylation sites (tertiary alicyclic amines) is 1. The maximum absolute atomic E-state index is 12.9. The molecule has 1 unspecified atom stereocenters. The van der Waals surface area contributed by atoms with Crippen molar-refractivity contribution in [2.45, 2.75) is 32.4 Å². The largest absolute Gasteiger partial charge is 0.350 e. The first-order chi connectivity index (χ1) is 12.5. The molecular formula is C19H24FN3O3. The third-order valence-electron chi connectivity index (χ3n) is 4.43. The van der Waals surface area contributed by atoms with E-state index in [1.807, 2.05) is 0 Å². The molecule has 0 spiro atoms. The monoisotopic (exact) mass is 361 g/mol. The first-order valence-electron chi connectivity index (χ1n) is 8.69. The summed E-state index contributed by atoms with van der Waals surface area (Å²) in [6.07, 6.45) is 2.55. The fourth-order valence-electron chi connectivity index (χ4n) is 2.99. The van der Waals surface area contributed by atoms with Gasteiger partial charge in [0, 0.05) is 19.6 Å². The number of carbonyl (C=O) groups is 3. The predicted molar refractivity (Wildman–Crippen MR) is 95.4 cm³/mol. The van der Waals surface area contributed by atoms with Crippen LogP contribution in [0.25, 0.3) is 0 Å². The summed E-state index contributed by atoms with van der Waals surface area (Å²) < 4.78 is 12.9. The zero-order valence-corrected chi connectivity index (χ0v) is 14.9. The van der Waals surface area contributed by atoms with Gasteiger partial charge < -0.3 is 15.1 Å². The fraction of sp³-hybridized carbons (Fsp3) is 0.421. The van der Waals surface area contributed by atoms with E-state index in [1.165, 1.54) is 28.0 Å². The Kier molecular flexibility index (Phi) is 6.89. The third-order valence-corrected chi connectivity index (χ3v) is 4.43. The summed E-state index contributed by atoms with van der Waals surface area (Å²) in [6.45, 7) is 6.33. The smallest absolute Gasteiger partial charge is 0.246 e. The second-order valence-electron chi connectivity index (χ2n) is 6.15. The van der Waals surface area contributed by atoms with Crippen LogP contribution in [0.1, 0.15) is 25.3 Å². The molecular weight excluding hydrogens is 337 g/mol. The molecule has 1 aromatic rings. The average Bonchev–Trinajstić information content (AvgIpc) is 3.14. The fourth-order valence-corrected chi connectivity index (χ4v) is 2.99. The number of likely N-dealkylation sites (N-methyl/N-ethyl adjacent to an activating group) is 1. The molecule has 2 rings (SSSR count). The summed E-state index contributed by atoms with van der Waals surface area (Å²) in [5.74, 6) is -1.13. The predicted octanol–water partition coefficient (Wildman–Crippen LogP) is 1.47. The van der Waals surface area contributed by atoms with Crippen LogP contribution < -0.4 is 5.32 Å². The highest BCUT2D eigenvalue weighted by Crippen LogP contribution is 2.19. The zero-order valence-electron chi connectivity index (χ0n) is 14.9. The highest BCUT2D eigenvalue weighted by Gasteiger charge is 2.35. The summed E-state index contributed by atoms with van der Waals surface area (Å²) in [6, 6.07) is 5.31. The minimum absolute atomic E-state index is 0.0802. The Bertz CT molecular complexity index is 675. The summed E-state index contributed by atoms with van der Waals surface area (Å²) >= 11 is 0. The van der Waals surface area contributed by atoms with Gasteiger partial charge in [-0.3, -0.25) is 14.4 Å². The van der Waals surface area contributed by atoms with Crippen molar-refractivity contribution in [3.05, 3.63) is 48.3 Å². The minimum Gasteiger partial charge on any atom is -0.350 e. The van der Waals surface area contributed by atoms with Crippen molar-refractivity contribution in [2.24, 2.45) is 0 Å². The number of benzene rings is 1. The highest BCUT2D eigenvalue weighted by molar-refractivity contribution is 5.94. The molecule has 0 bridgehead atoms. The number of amides is 3. The number of hydrogen-bond acceptors (Lipinski definition) is 3. The quantitative estimate of drug-likeness (QED) is 0.748. The van der Waals surface area contributed by atoms with Gasteiger partial charge >= 0.3 is 0 Å². The van der Waals surface area contributed by atoms with Crippen molar-refractivity contribution in [2.75, 3.05) is 19.6 Å². The van der Waals surface area contributed by atoms with E-state index in [0.29, 0.717) is 19.5 Å². The SMILES string of the molecule is C=CC(=O)N1CCCC1C(=O)N(CC)CC(=O)NCc1ccc(F)cc1. The molecule has 7 heteroatoms. The van der Waals surface area contributed by atoms with Gasteiger partial charge in [0.05, 0.1) is 6.54 Å². The van der Waals surface area contributed by atoms with E-state index in [4.69, 9.17) is 0 Å². The Balaban J connectivity index is 1.91. The van der Waals surface area contributed by atoms with E-state index in [1.54, 1.807) is 19.1 Å². The first kappa shape index (κ1) is 19.6. The molecule has 1 N–H and O–H groups in total. The second kappa shape index (κ2) is 9.12. The standard InChI is InChI=1S/C19H24FN3O3/c1-3-18(25)23-11-5-6-16(23)19(26)22(4-2)13-17(24)21-12-14-7-9-15(20)10-8-14/h3,7-10,16H,1,4-6,11-13H2,2H3,(H,21,24). The van der Waals surface area contributed by atoms with Gasteiger partial charge in [-0.15, -0.1) is 0 Å². The van der Waals surface area contributed by atoms with Crippen LogP contribution in [0.5, 0.6) is 0 Å². The molecule has 1 saturated heterocycles. The van der Waals surface area contributed by atoms with Crippen molar-refractivity contribution in [3.63, 3.8) is 0 Å². The molecule has 26 heavy (non-hydrogen) atoms. The Hall–Kier alpha value is -2.70. The minimum atomic E-state index is -0.537. The second-order valence-corrected chi connectivity index (χ2v) is 6.15. The summed E-state index contributed by atoms with van der Waals surface area (Å²) in [5.41, 5.74) is 0.771. The van der Waals surface area contributed by atoms with Crippen LogP contribution in [0.15, 0.2) is 36.9 Å². The van der Waals surface area contributed by atoms with Crippen LogP contribution in [-0.2, 0) is 20.9 Å². The van der Waals surface area contributed by atoms with E-state index >= 15 is 0 Å². The first-order valence-corrected chi connectivity index (χ1v) is 8.69. The van der Waals surface area contributed by atoms with Crippen molar-refractivity contribution in [1.29, 1.82) is 0 Å². The van der Waals surface area contributed by atoms with Crippen molar-refractivity contribution >= 4 is 17.7 Å². The molecule has 6 nitrogen and oxygen atoms in total.